The van der Waals surface area contributed by atoms with Crippen LogP contribution in [0.15, 0.2) is 48.8 Å². The number of carboxylic acid groups (broad SMARTS) is 1. The van der Waals surface area contributed by atoms with E-state index in [-0.39, 0.29) is 0 Å². The molecule has 1 atom stereocenters. The molecule has 0 bridgehead atoms. The molecule has 0 aliphatic rings. The molecule has 0 radical (unpaired) electrons. The molecular formula is C16H19N3O2. The molecule has 4 N–H and O–H groups in total. The Labute approximate surface area is 123 Å². The molecule has 0 unspecified atom stereocenters. The molecule has 21 heavy (non-hydrogen) atoms. The summed E-state index contributed by atoms with van der Waals surface area (Å²) in [5.41, 5.74) is 8.73. The van der Waals surface area contributed by atoms with Gasteiger partial charge in [0, 0.05) is 25.5 Å². The fraction of sp³-hybridized carbons (Fsp3) is 0.250. The van der Waals surface area contributed by atoms with Crippen LogP contribution in [0.3, 0.4) is 0 Å². The lowest BCUT2D eigenvalue weighted by molar-refractivity contribution is -0.138. The van der Waals surface area contributed by atoms with Crippen molar-refractivity contribution in [2.75, 3.05) is 0 Å². The van der Waals surface area contributed by atoms with Gasteiger partial charge in [-0.05, 0) is 29.2 Å². The summed E-state index contributed by atoms with van der Waals surface area (Å²) >= 11 is 0. The van der Waals surface area contributed by atoms with E-state index in [1.54, 1.807) is 6.20 Å². The molecule has 5 nitrogen and oxygen atoms in total. The number of carboxylic acids is 1. The zero-order chi connectivity index (χ0) is 15.1. The normalized spacial score (nSPS) is 12.0. The first-order valence-electron chi connectivity index (χ1n) is 6.81. The number of aliphatic carboxylic acids is 1. The second-order valence-corrected chi connectivity index (χ2v) is 4.93. The highest BCUT2D eigenvalue weighted by Crippen LogP contribution is 2.07. The highest BCUT2D eigenvalue weighted by atomic mass is 16.4. The summed E-state index contributed by atoms with van der Waals surface area (Å²) < 4.78 is 0. The topological polar surface area (TPSA) is 88.2 Å². The number of nitrogens with one attached hydrogen (secondary N) is 1. The lowest BCUT2D eigenvalue weighted by Gasteiger charge is -2.08. The van der Waals surface area contributed by atoms with Crippen LogP contribution in [0.1, 0.15) is 16.7 Å². The van der Waals surface area contributed by atoms with Gasteiger partial charge in [-0.25, -0.2) is 0 Å². The average molecular weight is 285 g/mol. The van der Waals surface area contributed by atoms with Crippen LogP contribution in [0.5, 0.6) is 0 Å². The predicted molar refractivity (Wildman–Crippen MR) is 80.5 cm³/mol. The van der Waals surface area contributed by atoms with Gasteiger partial charge < -0.3 is 16.2 Å². The summed E-state index contributed by atoms with van der Waals surface area (Å²) in [6.45, 7) is 1.51. The maximum Gasteiger partial charge on any atom is 0.320 e. The molecule has 5 heteroatoms. The second-order valence-electron chi connectivity index (χ2n) is 4.93. The van der Waals surface area contributed by atoms with Gasteiger partial charge in [-0.1, -0.05) is 30.3 Å². The third kappa shape index (κ3) is 4.98. The summed E-state index contributed by atoms with van der Waals surface area (Å²) in [4.78, 5) is 14.8. The Morgan fingerprint density at radius 1 is 1.14 bits per heavy atom. The first kappa shape index (κ1) is 15.2. The van der Waals surface area contributed by atoms with E-state index < -0.39 is 12.0 Å². The fourth-order valence-electron chi connectivity index (χ4n) is 1.99. The van der Waals surface area contributed by atoms with Crippen molar-refractivity contribution in [3.05, 3.63) is 65.5 Å². The van der Waals surface area contributed by atoms with E-state index in [1.807, 2.05) is 42.6 Å². The molecule has 2 rings (SSSR count). The van der Waals surface area contributed by atoms with Crippen molar-refractivity contribution in [1.82, 2.24) is 10.3 Å². The van der Waals surface area contributed by atoms with Crippen molar-refractivity contribution in [3.8, 4) is 0 Å². The Bertz CT molecular complexity index is 570. The Kier molecular flexibility index (Phi) is 5.43. The standard InChI is InChI=1S/C16H19N3O2/c17-15(16(20)21)8-12-3-5-13(6-4-12)9-19-11-14-2-1-7-18-10-14/h1-7,10,15,19H,8-9,11,17H2,(H,20,21)/t15-/m1/s1. The Morgan fingerprint density at radius 2 is 1.81 bits per heavy atom. The summed E-state index contributed by atoms with van der Waals surface area (Å²) in [5, 5.41) is 12.1. The van der Waals surface area contributed by atoms with Crippen LogP contribution in [0.2, 0.25) is 0 Å². The number of pyridine rings is 1. The van der Waals surface area contributed by atoms with E-state index in [2.05, 4.69) is 10.3 Å². The predicted octanol–water partition coefficient (Wildman–Crippen LogP) is 1.33. The van der Waals surface area contributed by atoms with E-state index in [9.17, 15) is 4.79 Å². The highest BCUT2D eigenvalue weighted by Gasteiger charge is 2.11. The number of aromatic nitrogens is 1. The van der Waals surface area contributed by atoms with E-state index >= 15 is 0 Å². The number of nitrogens with zero attached hydrogens (tertiary/aromatic N) is 1. The maximum absolute atomic E-state index is 10.7. The van der Waals surface area contributed by atoms with E-state index in [0.717, 1.165) is 29.8 Å². The van der Waals surface area contributed by atoms with Crippen LogP contribution >= 0.6 is 0 Å². The lowest BCUT2D eigenvalue weighted by atomic mass is 10.0. The highest BCUT2D eigenvalue weighted by molar-refractivity contribution is 5.73. The summed E-state index contributed by atoms with van der Waals surface area (Å²) in [5.74, 6) is -0.975. The zero-order valence-corrected chi connectivity index (χ0v) is 11.7. The molecule has 0 saturated carbocycles. The van der Waals surface area contributed by atoms with Crippen LogP contribution < -0.4 is 11.1 Å². The molecule has 1 aromatic carbocycles. The van der Waals surface area contributed by atoms with Crippen LogP contribution in [0.25, 0.3) is 0 Å². The van der Waals surface area contributed by atoms with Gasteiger partial charge in [-0.3, -0.25) is 9.78 Å². The Hall–Kier alpha value is -2.24. The summed E-state index contributed by atoms with van der Waals surface area (Å²) in [7, 11) is 0. The van der Waals surface area contributed by atoms with Gasteiger partial charge in [0.05, 0.1) is 0 Å². The van der Waals surface area contributed by atoms with Crippen molar-refractivity contribution in [1.29, 1.82) is 0 Å². The number of hydrogen-bond acceptors (Lipinski definition) is 4. The molecule has 0 amide bonds. The third-order valence-corrected chi connectivity index (χ3v) is 3.18. The molecule has 0 aliphatic heterocycles. The summed E-state index contributed by atoms with van der Waals surface area (Å²) in [6, 6.07) is 10.9. The largest absolute Gasteiger partial charge is 0.480 e. The SMILES string of the molecule is N[C@H](Cc1ccc(CNCc2cccnc2)cc1)C(=O)O. The van der Waals surface area contributed by atoms with E-state index in [0.29, 0.717) is 6.42 Å². The van der Waals surface area contributed by atoms with Crippen LogP contribution in [-0.2, 0) is 24.3 Å². The minimum absolute atomic E-state index is 0.346. The summed E-state index contributed by atoms with van der Waals surface area (Å²) in [6.07, 6.45) is 3.94. The minimum atomic E-state index is -0.975. The molecule has 0 fully saturated rings. The monoisotopic (exact) mass is 285 g/mol. The Balaban J connectivity index is 1.81. The maximum atomic E-state index is 10.7. The van der Waals surface area contributed by atoms with E-state index in [4.69, 9.17) is 10.8 Å². The van der Waals surface area contributed by atoms with Crippen molar-refractivity contribution in [2.24, 2.45) is 5.73 Å². The molecule has 110 valence electrons. The van der Waals surface area contributed by atoms with Gasteiger partial charge >= 0.3 is 5.97 Å². The van der Waals surface area contributed by atoms with Gasteiger partial charge in [-0.15, -0.1) is 0 Å². The van der Waals surface area contributed by atoms with E-state index in [1.165, 1.54) is 0 Å². The fourth-order valence-corrected chi connectivity index (χ4v) is 1.99. The molecule has 0 saturated heterocycles. The molecule has 0 spiro atoms. The van der Waals surface area contributed by atoms with Crippen molar-refractivity contribution >= 4 is 5.97 Å². The molecule has 1 aromatic heterocycles. The van der Waals surface area contributed by atoms with Gasteiger partial charge in [0.25, 0.3) is 0 Å². The molecule has 1 heterocycles. The van der Waals surface area contributed by atoms with Gasteiger partial charge in [0.15, 0.2) is 0 Å². The van der Waals surface area contributed by atoms with Crippen molar-refractivity contribution < 1.29 is 9.90 Å². The van der Waals surface area contributed by atoms with Crippen LogP contribution in [-0.4, -0.2) is 22.1 Å². The first-order chi connectivity index (χ1) is 10.1. The van der Waals surface area contributed by atoms with Crippen LogP contribution in [0.4, 0.5) is 0 Å². The third-order valence-electron chi connectivity index (χ3n) is 3.18. The first-order valence-corrected chi connectivity index (χ1v) is 6.81. The number of nitrogens with two attached hydrogens (primary N) is 1. The lowest BCUT2D eigenvalue weighted by Crippen LogP contribution is -2.32. The molecule has 0 aliphatic carbocycles. The molecule has 2 aromatic rings. The number of rotatable bonds is 7. The smallest absolute Gasteiger partial charge is 0.320 e. The minimum Gasteiger partial charge on any atom is -0.480 e. The van der Waals surface area contributed by atoms with Crippen LogP contribution in [0, 0.1) is 0 Å². The number of benzene rings is 1. The van der Waals surface area contributed by atoms with Crippen molar-refractivity contribution in [2.45, 2.75) is 25.6 Å². The van der Waals surface area contributed by atoms with Gasteiger partial charge in [-0.2, -0.15) is 0 Å². The Morgan fingerprint density at radius 3 is 2.43 bits per heavy atom. The molecular weight excluding hydrogens is 266 g/mol. The number of carbonyl (C=O) groups is 1. The number of hydrogen-bond donors (Lipinski definition) is 3. The second kappa shape index (κ2) is 7.52. The van der Waals surface area contributed by atoms with Gasteiger partial charge in [0.1, 0.15) is 6.04 Å². The quantitative estimate of drug-likeness (QED) is 0.714. The van der Waals surface area contributed by atoms with Crippen molar-refractivity contribution in [3.63, 3.8) is 0 Å². The average Bonchev–Trinajstić information content (AvgIpc) is 2.50. The zero-order valence-electron chi connectivity index (χ0n) is 11.7. The van der Waals surface area contributed by atoms with Gasteiger partial charge in [0.2, 0.25) is 0 Å².